The second-order valence-electron chi connectivity index (χ2n) is 7.11. The second-order valence-corrected chi connectivity index (χ2v) is 7.11. The molecule has 0 amide bonds. The van der Waals surface area contributed by atoms with Crippen LogP contribution in [0, 0.1) is 5.41 Å². The Balaban J connectivity index is 2.08. The molecule has 0 aromatic heterocycles. The van der Waals surface area contributed by atoms with Crippen LogP contribution >= 0.6 is 0 Å². The van der Waals surface area contributed by atoms with Crippen LogP contribution in [0.4, 0.5) is 0 Å². The molecule has 3 nitrogen and oxygen atoms in total. The number of benzene rings is 2. The van der Waals surface area contributed by atoms with Gasteiger partial charge in [-0.05, 0) is 38.3 Å². The molecule has 1 atom stereocenters. The van der Waals surface area contributed by atoms with E-state index in [1.165, 1.54) is 18.2 Å². The first-order valence-electron chi connectivity index (χ1n) is 8.74. The van der Waals surface area contributed by atoms with Crippen LogP contribution in [0.25, 0.3) is 0 Å². The van der Waals surface area contributed by atoms with Crippen LogP contribution in [0.2, 0.25) is 0 Å². The summed E-state index contributed by atoms with van der Waals surface area (Å²) in [6.45, 7) is 6.10. The second kappa shape index (κ2) is 8.82. The van der Waals surface area contributed by atoms with Gasteiger partial charge in [-0.25, -0.2) is 0 Å². The first-order valence-corrected chi connectivity index (χ1v) is 8.74. The topological polar surface area (TPSA) is 35.5 Å². The fraction of sp³-hybridized carbons (Fsp3) is 0.409. The summed E-state index contributed by atoms with van der Waals surface area (Å²) in [6.07, 6.45) is 0.875. The van der Waals surface area contributed by atoms with E-state index in [0.717, 1.165) is 6.42 Å². The lowest BCUT2D eigenvalue weighted by Crippen LogP contribution is -2.32. The van der Waals surface area contributed by atoms with E-state index < -0.39 is 5.41 Å². The molecule has 0 aliphatic carbocycles. The molecule has 0 saturated heterocycles. The van der Waals surface area contributed by atoms with Crippen molar-refractivity contribution >= 4 is 5.97 Å². The normalized spacial score (nSPS) is 12.8. The molecule has 0 radical (unpaired) electrons. The fourth-order valence-electron chi connectivity index (χ4n) is 2.92. The third-order valence-corrected chi connectivity index (χ3v) is 4.44. The highest BCUT2D eigenvalue weighted by Crippen LogP contribution is 2.30. The van der Waals surface area contributed by atoms with Crippen molar-refractivity contribution < 1.29 is 14.3 Å². The van der Waals surface area contributed by atoms with Gasteiger partial charge in [-0.3, -0.25) is 4.79 Å². The van der Waals surface area contributed by atoms with E-state index in [2.05, 4.69) is 55.5 Å². The van der Waals surface area contributed by atoms with Crippen LogP contribution < -0.4 is 0 Å². The van der Waals surface area contributed by atoms with E-state index >= 15 is 0 Å². The number of carbonyl (C=O) groups is 1. The Morgan fingerprint density at radius 1 is 0.960 bits per heavy atom. The molecule has 0 N–H and O–H groups in total. The molecule has 0 saturated carbocycles. The van der Waals surface area contributed by atoms with Crippen LogP contribution in [0.5, 0.6) is 0 Å². The van der Waals surface area contributed by atoms with Crippen molar-refractivity contribution in [2.75, 3.05) is 13.7 Å². The highest BCUT2D eigenvalue weighted by atomic mass is 16.5. The molecule has 0 aliphatic rings. The van der Waals surface area contributed by atoms with Crippen molar-refractivity contribution in [3.63, 3.8) is 0 Å². The molecule has 3 heteroatoms. The summed E-state index contributed by atoms with van der Waals surface area (Å²) in [4.78, 5) is 11.8. The Labute approximate surface area is 151 Å². The number of ether oxygens (including phenoxy) is 2. The molecule has 0 bridgehead atoms. The summed E-state index contributed by atoms with van der Waals surface area (Å²) in [6, 6.07) is 21.0. The lowest BCUT2D eigenvalue weighted by molar-refractivity contribution is -0.155. The molecule has 2 aromatic rings. The molecule has 2 rings (SSSR count). The number of rotatable bonds is 8. The van der Waals surface area contributed by atoms with Crippen molar-refractivity contribution in [1.29, 1.82) is 0 Å². The van der Waals surface area contributed by atoms with Gasteiger partial charge in [-0.1, -0.05) is 60.7 Å². The van der Waals surface area contributed by atoms with Crippen LogP contribution in [0.15, 0.2) is 60.7 Å². The molecule has 1 unspecified atom stereocenters. The van der Waals surface area contributed by atoms with Gasteiger partial charge in [0.05, 0.1) is 25.2 Å². The first-order chi connectivity index (χ1) is 11.9. The van der Waals surface area contributed by atoms with Gasteiger partial charge in [-0.15, -0.1) is 0 Å². The lowest BCUT2D eigenvalue weighted by atomic mass is 9.87. The van der Waals surface area contributed by atoms with Crippen LogP contribution in [0.3, 0.4) is 0 Å². The Morgan fingerprint density at radius 3 is 1.88 bits per heavy atom. The molecule has 25 heavy (non-hydrogen) atoms. The van der Waals surface area contributed by atoms with Gasteiger partial charge in [0.2, 0.25) is 0 Å². The Kier molecular flexibility index (Phi) is 6.77. The minimum atomic E-state index is -0.641. The predicted molar refractivity (Wildman–Crippen MR) is 101 cm³/mol. The molecule has 0 spiro atoms. The van der Waals surface area contributed by atoms with Crippen LogP contribution in [-0.2, 0) is 14.3 Å². The SMILES string of the molecule is COC(=O)C(C)(C)COC(C)CC(c1ccccc1)c1ccccc1. The predicted octanol–water partition coefficient (Wildman–Crippen LogP) is 4.81. The summed E-state index contributed by atoms with van der Waals surface area (Å²) in [5.74, 6) is 0.0148. The van der Waals surface area contributed by atoms with Crippen molar-refractivity contribution in [2.24, 2.45) is 5.41 Å². The monoisotopic (exact) mass is 340 g/mol. The third kappa shape index (κ3) is 5.43. The molecule has 0 aliphatic heterocycles. The van der Waals surface area contributed by atoms with Crippen molar-refractivity contribution in [2.45, 2.75) is 39.2 Å². The molecule has 2 aromatic carbocycles. The molecule has 0 heterocycles. The first kappa shape index (κ1) is 19.2. The molecular weight excluding hydrogens is 312 g/mol. The highest BCUT2D eigenvalue weighted by molar-refractivity contribution is 5.75. The zero-order valence-corrected chi connectivity index (χ0v) is 15.6. The maximum Gasteiger partial charge on any atom is 0.313 e. The molecule has 0 fully saturated rings. The van der Waals surface area contributed by atoms with E-state index in [-0.39, 0.29) is 18.0 Å². The zero-order valence-electron chi connectivity index (χ0n) is 15.6. The van der Waals surface area contributed by atoms with Gasteiger partial charge in [0, 0.05) is 5.92 Å². The van der Waals surface area contributed by atoms with Gasteiger partial charge in [-0.2, -0.15) is 0 Å². The minimum absolute atomic E-state index is 0.0225. The summed E-state index contributed by atoms with van der Waals surface area (Å²) in [5.41, 5.74) is 1.91. The lowest BCUT2D eigenvalue weighted by Gasteiger charge is -2.26. The largest absolute Gasteiger partial charge is 0.469 e. The number of hydrogen-bond acceptors (Lipinski definition) is 3. The Morgan fingerprint density at radius 2 is 1.44 bits per heavy atom. The van der Waals surface area contributed by atoms with Gasteiger partial charge < -0.3 is 9.47 Å². The Hall–Kier alpha value is -2.13. The van der Waals surface area contributed by atoms with Gasteiger partial charge in [0.25, 0.3) is 0 Å². The summed E-state index contributed by atoms with van der Waals surface area (Å²) < 4.78 is 10.9. The quantitative estimate of drug-likeness (QED) is 0.647. The van der Waals surface area contributed by atoms with Crippen molar-refractivity contribution in [3.8, 4) is 0 Å². The highest BCUT2D eigenvalue weighted by Gasteiger charge is 2.30. The zero-order chi connectivity index (χ0) is 18.3. The van der Waals surface area contributed by atoms with Gasteiger partial charge >= 0.3 is 5.97 Å². The van der Waals surface area contributed by atoms with E-state index in [9.17, 15) is 4.79 Å². The third-order valence-electron chi connectivity index (χ3n) is 4.44. The minimum Gasteiger partial charge on any atom is -0.469 e. The van der Waals surface area contributed by atoms with Crippen LogP contribution in [-0.4, -0.2) is 25.8 Å². The summed E-state index contributed by atoms with van der Waals surface area (Å²) in [5, 5.41) is 0. The van der Waals surface area contributed by atoms with E-state index in [4.69, 9.17) is 9.47 Å². The smallest absolute Gasteiger partial charge is 0.313 e. The van der Waals surface area contributed by atoms with E-state index in [0.29, 0.717) is 6.61 Å². The maximum absolute atomic E-state index is 11.8. The Bertz CT molecular complexity index is 610. The van der Waals surface area contributed by atoms with E-state index in [1.54, 1.807) is 0 Å². The average molecular weight is 340 g/mol. The number of methoxy groups -OCH3 is 1. The fourth-order valence-corrected chi connectivity index (χ4v) is 2.92. The van der Waals surface area contributed by atoms with Crippen LogP contribution in [0.1, 0.15) is 44.2 Å². The standard InChI is InChI=1S/C22H28O3/c1-17(25-16-22(2,3)21(23)24-4)15-20(18-11-7-5-8-12-18)19-13-9-6-10-14-19/h5-14,17,20H,15-16H2,1-4H3. The maximum atomic E-state index is 11.8. The summed E-state index contributed by atoms with van der Waals surface area (Å²) in [7, 11) is 1.41. The van der Waals surface area contributed by atoms with Gasteiger partial charge in [0.15, 0.2) is 0 Å². The summed E-state index contributed by atoms with van der Waals surface area (Å²) >= 11 is 0. The number of carbonyl (C=O) groups excluding carboxylic acids is 1. The number of hydrogen-bond donors (Lipinski definition) is 0. The van der Waals surface area contributed by atoms with Crippen molar-refractivity contribution in [1.82, 2.24) is 0 Å². The molecule has 134 valence electrons. The number of esters is 1. The average Bonchev–Trinajstić information content (AvgIpc) is 2.65. The van der Waals surface area contributed by atoms with E-state index in [1.807, 2.05) is 26.0 Å². The molecular formula is C22H28O3. The van der Waals surface area contributed by atoms with Crippen molar-refractivity contribution in [3.05, 3.63) is 71.8 Å². The van der Waals surface area contributed by atoms with Gasteiger partial charge in [0.1, 0.15) is 0 Å².